The maximum atomic E-state index is 13.5. The molecule has 30 heavy (non-hydrogen) atoms. The van der Waals surface area contributed by atoms with Gasteiger partial charge in [-0.2, -0.15) is 0 Å². The molecule has 0 bridgehead atoms. The fourth-order valence-corrected chi connectivity index (χ4v) is 3.84. The van der Waals surface area contributed by atoms with Crippen LogP contribution in [0.4, 0.5) is 5.69 Å². The SMILES string of the molecule is Cc1cccc(N2C(=O)/C(=C/c3ccc4ncccc4c3)c3ccccc3C2=O)c1. The summed E-state index contributed by atoms with van der Waals surface area (Å²) in [5, 5.41) is 0.995. The van der Waals surface area contributed by atoms with Gasteiger partial charge in [-0.15, -0.1) is 0 Å². The summed E-state index contributed by atoms with van der Waals surface area (Å²) in [5.74, 6) is -0.628. The lowest BCUT2D eigenvalue weighted by atomic mass is 9.91. The average molecular weight is 390 g/mol. The molecular formula is C26H18N2O2. The third-order valence-electron chi connectivity index (χ3n) is 5.28. The Labute approximate surface area is 174 Å². The van der Waals surface area contributed by atoms with E-state index >= 15 is 0 Å². The number of amides is 2. The second-order valence-corrected chi connectivity index (χ2v) is 7.34. The molecule has 0 saturated carbocycles. The third-order valence-corrected chi connectivity index (χ3v) is 5.28. The molecule has 1 aromatic heterocycles. The van der Waals surface area contributed by atoms with Crippen molar-refractivity contribution < 1.29 is 9.59 Å². The molecule has 0 spiro atoms. The van der Waals surface area contributed by atoms with Crippen molar-refractivity contribution in [3.8, 4) is 0 Å². The van der Waals surface area contributed by atoms with Gasteiger partial charge in [0, 0.05) is 22.7 Å². The Morgan fingerprint density at radius 3 is 2.47 bits per heavy atom. The van der Waals surface area contributed by atoms with Crippen LogP contribution >= 0.6 is 0 Å². The van der Waals surface area contributed by atoms with E-state index in [0.717, 1.165) is 22.0 Å². The van der Waals surface area contributed by atoms with Gasteiger partial charge in [0.05, 0.1) is 11.2 Å². The minimum atomic E-state index is -0.324. The fraction of sp³-hybridized carbons (Fsp3) is 0.0385. The van der Waals surface area contributed by atoms with Crippen LogP contribution in [0.5, 0.6) is 0 Å². The van der Waals surface area contributed by atoms with E-state index < -0.39 is 0 Å². The first-order valence-electron chi connectivity index (χ1n) is 9.73. The molecule has 4 heteroatoms. The van der Waals surface area contributed by atoms with E-state index in [1.807, 2.05) is 79.7 Å². The Bertz CT molecular complexity index is 1350. The van der Waals surface area contributed by atoms with Gasteiger partial charge < -0.3 is 0 Å². The van der Waals surface area contributed by atoms with Crippen LogP contribution in [-0.4, -0.2) is 16.8 Å². The van der Waals surface area contributed by atoms with Crippen LogP contribution in [0.15, 0.2) is 85.1 Å². The van der Waals surface area contributed by atoms with Gasteiger partial charge in [0.1, 0.15) is 0 Å². The van der Waals surface area contributed by atoms with Crippen molar-refractivity contribution in [3.63, 3.8) is 0 Å². The Hall–Kier alpha value is -4.05. The average Bonchev–Trinajstić information content (AvgIpc) is 2.77. The molecule has 3 aromatic carbocycles. The Morgan fingerprint density at radius 1 is 0.800 bits per heavy atom. The maximum Gasteiger partial charge on any atom is 0.265 e. The number of pyridine rings is 1. The van der Waals surface area contributed by atoms with Crippen LogP contribution in [0.2, 0.25) is 0 Å². The summed E-state index contributed by atoms with van der Waals surface area (Å²) in [5.41, 5.74) is 5.01. The van der Waals surface area contributed by atoms with E-state index in [2.05, 4.69) is 4.98 Å². The molecule has 0 fully saturated rings. The molecule has 1 aliphatic rings. The topological polar surface area (TPSA) is 50.3 Å². The highest BCUT2D eigenvalue weighted by atomic mass is 16.2. The summed E-state index contributed by atoms with van der Waals surface area (Å²) in [4.78, 5) is 32.3. The summed E-state index contributed by atoms with van der Waals surface area (Å²) >= 11 is 0. The fourth-order valence-electron chi connectivity index (χ4n) is 3.84. The first-order chi connectivity index (χ1) is 14.6. The Morgan fingerprint density at radius 2 is 1.63 bits per heavy atom. The minimum Gasteiger partial charge on any atom is -0.268 e. The van der Waals surface area contributed by atoms with E-state index in [1.165, 1.54) is 4.90 Å². The van der Waals surface area contributed by atoms with Gasteiger partial charge in [-0.3, -0.25) is 14.6 Å². The number of hydrogen-bond acceptors (Lipinski definition) is 3. The monoisotopic (exact) mass is 390 g/mol. The molecule has 0 saturated heterocycles. The molecule has 4 nitrogen and oxygen atoms in total. The number of benzene rings is 3. The predicted molar refractivity (Wildman–Crippen MR) is 119 cm³/mol. The lowest BCUT2D eigenvalue weighted by Crippen LogP contribution is -2.41. The molecule has 2 heterocycles. The van der Waals surface area contributed by atoms with Crippen molar-refractivity contribution in [1.29, 1.82) is 0 Å². The molecule has 0 atom stereocenters. The van der Waals surface area contributed by atoms with Crippen molar-refractivity contribution in [2.75, 3.05) is 4.90 Å². The molecule has 0 radical (unpaired) electrons. The zero-order chi connectivity index (χ0) is 20.7. The predicted octanol–water partition coefficient (Wildman–Crippen LogP) is 5.27. The van der Waals surface area contributed by atoms with Crippen LogP contribution in [0.1, 0.15) is 27.0 Å². The highest BCUT2D eigenvalue weighted by molar-refractivity contribution is 6.43. The standard InChI is InChI=1S/C26H18N2O2/c1-17-6-4-8-20(14-17)28-25(29)22-10-3-2-9-21(22)23(26(28)30)16-18-11-12-24-19(15-18)7-5-13-27-24/h2-16H,1H3/b23-16+. The van der Waals surface area contributed by atoms with Crippen molar-refractivity contribution in [2.24, 2.45) is 0 Å². The summed E-state index contributed by atoms with van der Waals surface area (Å²) in [6.07, 6.45) is 3.61. The van der Waals surface area contributed by atoms with E-state index in [1.54, 1.807) is 18.3 Å². The van der Waals surface area contributed by atoms with E-state index in [0.29, 0.717) is 22.4 Å². The zero-order valence-corrected chi connectivity index (χ0v) is 16.4. The Kier molecular flexibility index (Phi) is 4.25. The second-order valence-electron chi connectivity index (χ2n) is 7.34. The highest BCUT2D eigenvalue weighted by Gasteiger charge is 2.35. The number of imide groups is 1. The van der Waals surface area contributed by atoms with Gasteiger partial charge in [-0.1, -0.05) is 42.5 Å². The number of rotatable bonds is 2. The van der Waals surface area contributed by atoms with Crippen LogP contribution in [0.3, 0.4) is 0 Å². The van der Waals surface area contributed by atoms with Crippen LogP contribution in [0, 0.1) is 6.92 Å². The van der Waals surface area contributed by atoms with Gasteiger partial charge in [-0.05, 0) is 66.1 Å². The number of nitrogens with zero attached hydrogens (tertiary/aromatic N) is 2. The van der Waals surface area contributed by atoms with Crippen LogP contribution in [0.25, 0.3) is 22.6 Å². The summed E-state index contributed by atoms with van der Waals surface area (Å²) in [7, 11) is 0. The number of carbonyl (C=O) groups is 2. The number of aromatic nitrogens is 1. The van der Waals surface area contributed by atoms with Crippen LogP contribution < -0.4 is 4.90 Å². The molecule has 5 rings (SSSR count). The summed E-state index contributed by atoms with van der Waals surface area (Å²) in [6.45, 7) is 1.94. The van der Waals surface area contributed by atoms with Crippen molar-refractivity contribution in [3.05, 3.63) is 107 Å². The van der Waals surface area contributed by atoms with Gasteiger partial charge in [0.25, 0.3) is 11.8 Å². The van der Waals surface area contributed by atoms with Gasteiger partial charge in [-0.25, -0.2) is 4.90 Å². The number of hydrogen-bond donors (Lipinski definition) is 0. The maximum absolute atomic E-state index is 13.5. The molecule has 1 aliphatic heterocycles. The number of aryl methyl sites for hydroxylation is 1. The van der Waals surface area contributed by atoms with E-state index in [9.17, 15) is 9.59 Å². The lowest BCUT2D eigenvalue weighted by Gasteiger charge is -2.29. The van der Waals surface area contributed by atoms with Gasteiger partial charge in [0.2, 0.25) is 0 Å². The normalized spacial score (nSPS) is 15.0. The zero-order valence-electron chi connectivity index (χ0n) is 16.4. The van der Waals surface area contributed by atoms with E-state index in [-0.39, 0.29) is 11.8 Å². The smallest absolute Gasteiger partial charge is 0.265 e. The van der Waals surface area contributed by atoms with Crippen molar-refractivity contribution >= 4 is 40.1 Å². The second kappa shape index (κ2) is 7.08. The Balaban J connectivity index is 1.69. The first kappa shape index (κ1) is 18.0. The number of anilines is 1. The van der Waals surface area contributed by atoms with Crippen LogP contribution in [-0.2, 0) is 4.79 Å². The summed E-state index contributed by atoms with van der Waals surface area (Å²) in [6, 6.07) is 24.4. The third kappa shape index (κ3) is 2.99. The molecular weight excluding hydrogens is 372 g/mol. The van der Waals surface area contributed by atoms with E-state index in [4.69, 9.17) is 0 Å². The number of carbonyl (C=O) groups excluding carboxylic acids is 2. The molecule has 0 unspecified atom stereocenters. The lowest BCUT2D eigenvalue weighted by molar-refractivity contribution is -0.112. The quantitative estimate of drug-likeness (QED) is 0.346. The van der Waals surface area contributed by atoms with Crippen molar-refractivity contribution in [1.82, 2.24) is 4.98 Å². The molecule has 0 N–H and O–H groups in total. The van der Waals surface area contributed by atoms with Gasteiger partial charge >= 0.3 is 0 Å². The van der Waals surface area contributed by atoms with Crippen molar-refractivity contribution in [2.45, 2.75) is 6.92 Å². The molecule has 2 amide bonds. The number of fused-ring (bicyclic) bond motifs is 2. The molecule has 0 aliphatic carbocycles. The first-order valence-corrected chi connectivity index (χ1v) is 9.73. The molecule has 144 valence electrons. The highest BCUT2D eigenvalue weighted by Crippen LogP contribution is 2.33. The van der Waals surface area contributed by atoms with Gasteiger partial charge in [0.15, 0.2) is 0 Å². The minimum absolute atomic E-state index is 0.305. The molecule has 4 aromatic rings. The largest absolute Gasteiger partial charge is 0.268 e. The summed E-state index contributed by atoms with van der Waals surface area (Å²) < 4.78 is 0.